The van der Waals surface area contributed by atoms with E-state index in [0.717, 1.165) is 23.0 Å². The zero-order chi connectivity index (χ0) is 13.9. The largest absolute Gasteiger partial charge is 0.385 e. The Balaban J connectivity index is 1.94. The lowest BCUT2D eigenvalue weighted by molar-refractivity contribution is 0.153. The van der Waals surface area contributed by atoms with Crippen LogP contribution in [0.4, 0.5) is 0 Å². The first-order chi connectivity index (χ1) is 9.78. The van der Waals surface area contributed by atoms with Gasteiger partial charge in [-0.2, -0.15) is 4.98 Å². The quantitative estimate of drug-likeness (QED) is 0.784. The lowest BCUT2D eigenvalue weighted by atomic mass is 10.2. The minimum absolute atomic E-state index is 0.320. The van der Waals surface area contributed by atoms with Crippen LogP contribution in [0.5, 0.6) is 0 Å². The van der Waals surface area contributed by atoms with E-state index in [1.165, 1.54) is 0 Å². The van der Waals surface area contributed by atoms with Gasteiger partial charge >= 0.3 is 0 Å². The highest BCUT2D eigenvalue weighted by Crippen LogP contribution is 2.23. The monoisotopic (exact) mass is 270 g/mol. The summed E-state index contributed by atoms with van der Waals surface area (Å²) in [6.07, 6.45) is 4.07. The normalized spacial score (nSPS) is 12.7. The molecule has 6 heteroatoms. The molecule has 2 aromatic heterocycles. The average Bonchev–Trinajstić information content (AvgIpc) is 2.97. The maximum atomic E-state index is 9.85. The molecular formula is C14H14N4O2. The number of benzene rings is 1. The first kappa shape index (κ1) is 12.7. The van der Waals surface area contributed by atoms with Crippen molar-refractivity contribution >= 4 is 11.0 Å². The van der Waals surface area contributed by atoms with Crippen LogP contribution in [0.2, 0.25) is 0 Å². The number of aliphatic hydroxyl groups is 1. The number of hydrogen-bond acceptors (Lipinski definition) is 6. The van der Waals surface area contributed by atoms with E-state index < -0.39 is 6.10 Å². The van der Waals surface area contributed by atoms with E-state index in [-0.39, 0.29) is 0 Å². The second-order valence-corrected chi connectivity index (χ2v) is 4.52. The van der Waals surface area contributed by atoms with Gasteiger partial charge in [-0.25, -0.2) is 0 Å². The Labute approximate surface area is 115 Å². The van der Waals surface area contributed by atoms with Crippen molar-refractivity contribution in [2.75, 3.05) is 0 Å². The minimum Gasteiger partial charge on any atom is -0.385 e. The molecule has 3 aromatic rings. The molecule has 0 spiro atoms. The predicted molar refractivity (Wildman–Crippen MR) is 72.7 cm³/mol. The Morgan fingerprint density at radius 2 is 2.00 bits per heavy atom. The fourth-order valence-corrected chi connectivity index (χ4v) is 1.99. The van der Waals surface area contributed by atoms with Crippen LogP contribution in [0, 0.1) is 0 Å². The first-order valence-electron chi connectivity index (χ1n) is 6.50. The summed E-state index contributed by atoms with van der Waals surface area (Å²) >= 11 is 0. The van der Waals surface area contributed by atoms with Crippen molar-refractivity contribution in [1.29, 1.82) is 0 Å². The van der Waals surface area contributed by atoms with Gasteiger partial charge in [0.15, 0.2) is 0 Å². The van der Waals surface area contributed by atoms with Crippen molar-refractivity contribution in [1.82, 2.24) is 20.1 Å². The van der Waals surface area contributed by atoms with Gasteiger partial charge in [0.1, 0.15) is 6.10 Å². The molecule has 0 aliphatic heterocycles. The summed E-state index contributed by atoms with van der Waals surface area (Å²) in [4.78, 5) is 12.7. The lowest BCUT2D eigenvalue weighted by Crippen LogP contribution is -1.98. The summed E-state index contributed by atoms with van der Waals surface area (Å²) in [7, 11) is 0. The van der Waals surface area contributed by atoms with Gasteiger partial charge in [0.25, 0.3) is 5.89 Å². The zero-order valence-corrected chi connectivity index (χ0v) is 11.0. The highest BCUT2D eigenvalue weighted by molar-refractivity contribution is 5.79. The molecule has 0 fully saturated rings. The van der Waals surface area contributed by atoms with Crippen LogP contribution < -0.4 is 0 Å². The van der Waals surface area contributed by atoms with Crippen LogP contribution in [0.15, 0.2) is 35.1 Å². The number of aliphatic hydroxyl groups excluding tert-OH is 1. The average molecular weight is 270 g/mol. The molecular weight excluding hydrogens is 256 g/mol. The number of rotatable bonds is 4. The molecule has 20 heavy (non-hydrogen) atoms. The van der Waals surface area contributed by atoms with Crippen molar-refractivity contribution in [2.45, 2.75) is 25.9 Å². The molecule has 0 saturated heterocycles. The summed E-state index contributed by atoms with van der Waals surface area (Å²) in [6.45, 7) is 1.99. The van der Waals surface area contributed by atoms with Crippen molar-refractivity contribution < 1.29 is 9.63 Å². The maximum absolute atomic E-state index is 9.85. The minimum atomic E-state index is -0.683. The van der Waals surface area contributed by atoms with Crippen LogP contribution >= 0.6 is 0 Å². The molecule has 6 nitrogen and oxygen atoms in total. The molecule has 2 heterocycles. The van der Waals surface area contributed by atoms with E-state index in [0.29, 0.717) is 18.1 Å². The fraction of sp³-hybridized carbons (Fsp3) is 0.286. The molecule has 0 aliphatic carbocycles. The topological polar surface area (TPSA) is 84.9 Å². The van der Waals surface area contributed by atoms with Crippen LogP contribution in [0.3, 0.4) is 0 Å². The van der Waals surface area contributed by atoms with Crippen LogP contribution in [0.25, 0.3) is 22.5 Å². The molecule has 1 N–H and O–H groups in total. The third kappa shape index (κ3) is 2.37. The lowest BCUT2D eigenvalue weighted by Gasteiger charge is -2.01. The summed E-state index contributed by atoms with van der Waals surface area (Å²) in [5, 5.41) is 13.7. The predicted octanol–water partition coefficient (Wildman–Crippen LogP) is 2.51. The summed E-state index contributed by atoms with van der Waals surface area (Å²) < 4.78 is 5.20. The Kier molecular flexibility index (Phi) is 3.39. The van der Waals surface area contributed by atoms with E-state index in [4.69, 9.17) is 4.52 Å². The maximum Gasteiger partial charge on any atom is 0.258 e. The van der Waals surface area contributed by atoms with E-state index in [9.17, 15) is 5.11 Å². The number of aromatic nitrogens is 4. The van der Waals surface area contributed by atoms with Crippen molar-refractivity contribution in [2.24, 2.45) is 0 Å². The van der Waals surface area contributed by atoms with E-state index >= 15 is 0 Å². The van der Waals surface area contributed by atoms with E-state index in [2.05, 4.69) is 20.1 Å². The van der Waals surface area contributed by atoms with Gasteiger partial charge in [0.05, 0.1) is 11.0 Å². The molecule has 1 aromatic carbocycles. The van der Waals surface area contributed by atoms with Gasteiger partial charge in [-0.05, 0) is 24.6 Å². The molecule has 0 amide bonds. The summed E-state index contributed by atoms with van der Waals surface area (Å²) in [5.41, 5.74) is 2.33. The first-order valence-corrected chi connectivity index (χ1v) is 6.50. The van der Waals surface area contributed by atoms with Crippen LogP contribution in [-0.2, 0) is 0 Å². The number of hydrogen-bond donors (Lipinski definition) is 1. The summed E-state index contributed by atoms with van der Waals surface area (Å²) in [6, 6.07) is 5.54. The van der Waals surface area contributed by atoms with Gasteiger partial charge in [-0.15, -0.1) is 0 Å². The molecule has 3 rings (SSSR count). The summed E-state index contributed by atoms with van der Waals surface area (Å²) in [5.74, 6) is 0.698. The standard InChI is InChI=1S/C14H14N4O2/c1-2-3-12(19)13-17-14(20-18-13)9-4-5-10-11(8-9)16-7-6-15-10/h4-8,12,19H,2-3H2,1H3. The smallest absolute Gasteiger partial charge is 0.258 e. The van der Waals surface area contributed by atoms with Gasteiger partial charge in [-0.1, -0.05) is 18.5 Å². The second kappa shape index (κ2) is 5.34. The molecule has 0 saturated carbocycles. The molecule has 0 aliphatic rings. The highest BCUT2D eigenvalue weighted by Gasteiger charge is 2.16. The zero-order valence-electron chi connectivity index (χ0n) is 11.0. The molecule has 0 radical (unpaired) electrons. The van der Waals surface area contributed by atoms with E-state index in [1.54, 1.807) is 12.4 Å². The SMILES string of the molecule is CCCC(O)c1noc(-c2ccc3nccnc3c2)n1. The fourth-order valence-electron chi connectivity index (χ4n) is 1.99. The number of nitrogens with zero attached hydrogens (tertiary/aromatic N) is 4. The third-order valence-electron chi connectivity index (χ3n) is 3.02. The van der Waals surface area contributed by atoms with Gasteiger partial charge in [0, 0.05) is 18.0 Å². The second-order valence-electron chi connectivity index (χ2n) is 4.52. The Morgan fingerprint density at radius 3 is 2.80 bits per heavy atom. The molecule has 102 valence electrons. The molecule has 1 unspecified atom stereocenters. The molecule has 1 atom stereocenters. The van der Waals surface area contributed by atoms with Gasteiger partial charge < -0.3 is 9.63 Å². The van der Waals surface area contributed by atoms with Crippen LogP contribution in [-0.4, -0.2) is 25.2 Å². The Morgan fingerprint density at radius 1 is 1.20 bits per heavy atom. The Hall–Kier alpha value is -2.34. The number of fused-ring (bicyclic) bond motifs is 1. The third-order valence-corrected chi connectivity index (χ3v) is 3.02. The van der Waals surface area contributed by atoms with Crippen molar-refractivity contribution in [3.63, 3.8) is 0 Å². The van der Waals surface area contributed by atoms with Crippen molar-refractivity contribution in [3.8, 4) is 11.5 Å². The Bertz CT molecular complexity index is 726. The van der Waals surface area contributed by atoms with Crippen LogP contribution in [0.1, 0.15) is 31.7 Å². The molecule has 0 bridgehead atoms. The van der Waals surface area contributed by atoms with E-state index in [1.807, 2.05) is 25.1 Å². The highest BCUT2D eigenvalue weighted by atomic mass is 16.5. The van der Waals surface area contributed by atoms with Crippen molar-refractivity contribution in [3.05, 3.63) is 36.4 Å². The van der Waals surface area contributed by atoms with Gasteiger partial charge in [-0.3, -0.25) is 9.97 Å². The van der Waals surface area contributed by atoms with Gasteiger partial charge in [0.2, 0.25) is 5.82 Å².